The molecule has 0 fully saturated rings. The number of pyridine rings is 1. The van der Waals surface area contributed by atoms with Gasteiger partial charge in [0.15, 0.2) is 5.96 Å². The SMILES string of the molecule is COc1ccccc1N1C(N)=NCC1c1cccnc1. The molecule has 0 saturated carbocycles. The van der Waals surface area contributed by atoms with E-state index in [9.17, 15) is 0 Å². The third-order valence-corrected chi connectivity index (χ3v) is 3.40. The van der Waals surface area contributed by atoms with Gasteiger partial charge in [0.25, 0.3) is 0 Å². The number of hydrogen-bond acceptors (Lipinski definition) is 5. The maximum absolute atomic E-state index is 6.06. The monoisotopic (exact) mass is 268 g/mol. The molecule has 102 valence electrons. The maximum Gasteiger partial charge on any atom is 0.196 e. The van der Waals surface area contributed by atoms with Crippen LogP contribution in [0.5, 0.6) is 5.75 Å². The molecule has 5 nitrogen and oxygen atoms in total. The summed E-state index contributed by atoms with van der Waals surface area (Å²) in [4.78, 5) is 10.5. The molecular weight excluding hydrogens is 252 g/mol. The van der Waals surface area contributed by atoms with Crippen LogP contribution in [-0.4, -0.2) is 24.6 Å². The van der Waals surface area contributed by atoms with Crippen molar-refractivity contribution in [2.45, 2.75) is 6.04 Å². The molecule has 0 saturated heterocycles. The number of para-hydroxylation sites is 2. The highest BCUT2D eigenvalue weighted by atomic mass is 16.5. The first-order chi connectivity index (χ1) is 9.81. The molecule has 20 heavy (non-hydrogen) atoms. The third kappa shape index (κ3) is 2.07. The van der Waals surface area contributed by atoms with E-state index in [1.807, 2.05) is 47.5 Å². The Balaban J connectivity index is 2.03. The lowest BCUT2D eigenvalue weighted by Gasteiger charge is -2.27. The van der Waals surface area contributed by atoms with Gasteiger partial charge >= 0.3 is 0 Å². The number of hydrogen-bond donors (Lipinski definition) is 1. The summed E-state index contributed by atoms with van der Waals surface area (Å²) >= 11 is 0. The van der Waals surface area contributed by atoms with Crippen molar-refractivity contribution < 1.29 is 4.74 Å². The average molecular weight is 268 g/mol. The molecule has 3 rings (SSSR count). The predicted molar refractivity (Wildman–Crippen MR) is 78.9 cm³/mol. The zero-order chi connectivity index (χ0) is 13.9. The van der Waals surface area contributed by atoms with Crippen molar-refractivity contribution in [3.63, 3.8) is 0 Å². The number of ether oxygens (including phenoxy) is 1. The molecule has 1 atom stereocenters. The lowest BCUT2D eigenvalue weighted by Crippen LogP contribution is -2.36. The van der Waals surface area contributed by atoms with E-state index in [4.69, 9.17) is 10.5 Å². The summed E-state index contributed by atoms with van der Waals surface area (Å²) in [6.45, 7) is 0.621. The van der Waals surface area contributed by atoms with Gasteiger partial charge in [-0.25, -0.2) is 0 Å². The highest BCUT2D eigenvalue weighted by Crippen LogP contribution is 2.36. The molecule has 0 spiro atoms. The van der Waals surface area contributed by atoms with Crippen LogP contribution in [0, 0.1) is 0 Å². The van der Waals surface area contributed by atoms with E-state index in [0.29, 0.717) is 12.5 Å². The molecule has 0 amide bonds. The minimum absolute atomic E-state index is 0.0556. The van der Waals surface area contributed by atoms with Crippen molar-refractivity contribution in [3.05, 3.63) is 54.4 Å². The van der Waals surface area contributed by atoms with Gasteiger partial charge in [-0.05, 0) is 23.8 Å². The van der Waals surface area contributed by atoms with Crippen LogP contribution in [0.1, 0.15) is 11.6 Å². The number of aromatic nitrogens is 1. The predicted octanol–water partition coefficient (Wildman–Crippen LogP) is 1.97. The number of rotatable bonds is 3. The lowest BCUT2D eigenvalue weighted by molar-refractivity contribution is 0.415. The number of aliphatic imine (C=N–C) groups is 1. The number of nitrogens with zero attached hydrogens (tertiary/aromatic N) is 3. The van der Waals surface area contributed by atoms with Crippen molar-refractivity contribution >= 4 is 11.6 Å². The second-order valence-electron chi connectivity index (χ2n) is 4.54. The van der Waals surface area contributed by atoms with E-state index in [2.05, 4.69) is 9.98 Å². The second-order valence-corrected chi connectivity index (χ2v) is 4.54. The molecule has 2 N–H and O–H groups in total. The number of guanidine groups is 1. The van der Waals surface area contributed by atoms with E-state index < -0.39 is 0 Å². The Hall–Kier alpha value is -2.56. The summed E-state index contributed by atoms with van der Waals surface area (Å²) in [6.07, 6.45) is 3.61. The number of benzene rings is 1. The van der Waals surface area contributed by atoms with Gasteiger partial charge in [0, 0.05) is 12.4 Å². The summed E-state index contributed by atoms with van der Waals surface area (Å²) in [7, 11) is 1.65. The summed E-state index contributed by atoms with van der Waals surface area (Å²) in [5, 5.41) is 0. The molecule has 5 heteroatoms. The quantitative estimate of drug-likeness (QED) is 0.924. The van der Waals surface area contributed by atoms with E-state index in [1.54, 1.807) is 13.3 Å². The van der Waals surface area contributed by atoms with Gasteiger partial charge in [0.2, 0.25) is 0 Å². The first-order valence-electron chi connectivity index (χ1n) is 6.43. The molecule has 1 aromatic carbocycles. The fourth-order valence-electron chi connectivity index (χ4n) is 2.45. The first-order valence-corrected chi connectivity index (χ1v) is 6.43. The van der Waals surface area contributed by atoms with Crippen LogP contribution in [0.25, 0.3) is 0 Å². The second kappa shape index (κ2) is 5.21. The van der Waals surface area contributed by atoms with Gasteiger partial charge in [0.1, 0.15) is 5.75 Å². The van der Waals surface area contributed by atoms with Crippen LogP contribution in [-0.2, 0) is 0 Å². The zero-order valence-corrected chi connectivity index (χ0v) is 11.2. The zero-order valence-electron chi connectivity index (χ0n) is 11.2. The minimum Gasteiger partial charge on any atom is -0.495 e. The Bertz CT molecular complexity index is 627. The molecular formula is C15H16N4O. The maximum atomic E-state index is 6.06. The van der Waals surface area contributed by atoms with Gasteiger partial charge < -0.3 is 10.5 Å². The highest BCUT2D eigenvalue weighted by molar-refractivity contribution is 5.98. The molecule has 0 radical (unpaired) electrons. The molecule has 2 aromatic rings. The molecule has 0 bridgehead atoms. The largest absolute Gasteiger partial charge is 0.495 e. The molecule has 1 unspecified atom stereocenters. The van der Waals surface area contributed by atoms with E-state index >= 15 is 0 Å². The lowest BCUT2D eigenvalue weighted by atomic mass is 10.1. The third-order valence-electron chi connectivity index (χ3n) is 3.40. The van der Waals surface area contributed by atoms with E-state index in [1.165, 1.54) is 0 Å². The smallest absolute Gasteiger partial charge is 0.196 e. The Labute approximate surface area is 117 Å². The Morgan fingerprint density at radius 2 is 2.10 bits per heavy atom. The Kier molecular flexibility index (Phi) is 3.25. The molecule has 1 aliphatic rings. The van der Waals surface area contributed by atoms with Crippen LogP contribution in [0.2, 0.25) is 0 Å². The summed E-state index contributed by atoms with van der Waals surface area (Å²) in [5.41, 5.74) is 8.07. The van der Waals surface area contributed by atoms with Gasteiger partial charge in [-0.3, -0.25) is 14.9 Å². The number of methoxy groups -OCH3 is 1. The molecule has 1 aliphatic heterocycles. The number of nitrogens with two attached hydrogens (primary N) is 1. The number of anilines is 1. The van der Waals surface area contributed by atoms with Gasteiger partial charge in [-0.15, -0.1) is 0 Å². The average Bonchev–Trinajstić information content (AvgIpc) is 2.89. The van der Waals surface area contributed by atoms with E-state index in [0.717, 1.165) is 17.0 Å². The normalized spacial score (nSPS) is 17.9. The summed E-state index contributed by atoms with van der Waals surface area (Å²) < 4.78 is 5.42. The molecule has 1 aromatic heterocycles. The van der Waals surface area contributed by atoms with Crippen molar-refractivity contribution in [1.29, 1.82) is 0 Å². The fourth-order valence-corrected chi connectivity index (χ4v) is 2.45. The topological polar surface area (TPSA) is 63.7 Å². The van der Waals surface area contributed by atoms with Gasteiger partial charge in [-0.1, -0.05) is 18.2 Å². The minimum atomic E-state index is 0.0556. The Morgan fingerprint density at radius 1 is 1.25 bits per heavy atom. The van der Waals surface area contributed by atoms with Crippen LogP contribution in [0.3, 0.4) is 0 Å². The molecule has 0 aliphatic carbocycles. The van der Waals surface area contributed by atoms with Gasteiger partial charge in [0.05, 0.1) is 25.4 Å². The van der Waals surface area contributed by atoms with Crippen molar-refractivity contribution in [2.24, 2.45) is 10.7 Å². The van der Waals surface area contributed by atoms with Crippen LogP contribution in [0.15, 0.2) is 53.8 Å². The highest BCUT2D eigenvalue weighted by Gasteiger charge is 2.30. The van der Waals surface area contributed by atoms with Crippen molar-refractivity contribution in [2.75, 3.05) is 18.6 Å². The standard InChI is InChI=1S/C15H16N4O/c1-20-14-7-3-2-6-12(14)19-13(10-18-15(19)16)11-5-4-8-17-9-11/h2-9,13H,10H2,1H3,(H2,16,18). The van der Waals surface area contributed by atoms with Crippen molar-refractivity contribution in [3.8, 4) is 5.75 Å². The van der Waals surface area contributed by atoms with Crippen LogP contribution >= 0.6 is 0 Å². The van der Waals surface area contributed by atoms with Crippen LogP contribution < -0.4 is 15.4 Å². The molecule has 2 heterocycles. The van der Waals surface area contributed by atoms with E-state index in [-0.39, 0.29) is 6.04 Å². The van der Waals surface area contributed by atoms with Crippen LogP contribution in [0.4, 0.5) is 5.69 Å². The summed E-state index contributed by atoms with van der Waals surface area (Å²) in [5.74, 6) is 1.28. The summed E-state index contributed by atoms with van der Waals surface area (Å²) in [6, 6.07) is 11.8. The fraction of sp³-hybridized carbons (Fsp3) is 0.200. The van der Waals surface area contributed by atoms with Crippen molar-refractivity contribution in [1.82, 2.24) is 4.98 Å². The van der Waals surface area contributed by atoms with Gasteiger partial charge in [-0.2, -0.15) is 0 Å². The first kappa shape index (κ1) is 12.5. The Morgan fingerprint density at radius 3 is 2.85 bits per heavy atom.